The normalized spacial score (nSPS) is 10.2. The number of ether oxygens (including phenoxy) is 1. The van der Waals surface area contributed by atoms with E-state index in [1.54, 1.807) is 0 Å². The van der Waals surface area contributed by atoms with Crippen LogP contribution in [0, 0.1) is 17.5 Å². The molecule has 2 nitrogen and oxygen atoms in total. The van der Waals surface area contributed by atoms with Crippen molar-refractivity contribution in [2.45, 2.75) is 0 Å². The summed E-state index contributed by atoms with van der Waals surface area (Å²) >= 11 is 0. The van der Waals surface area contributed by atoms with Crippen LogP contribution in [0.5, 0.6) is 11.5 Å². The van der Waals surface area contributed by atoms with Gasteiger partial charge in [0.05, 0.1) is 0 Å². The molecule has 0 saturated heterocycles. The zero-order valence-electron chi connectivity index (χ0n) is 8.99. The summed E-state index contributed by atoms with van der Waals surface area (Å²) in [6.07, 6.45) is 0.447. The summed E-state index contributed by atoms with van der Waals surface area (Å²) in [4.78, 5) is 10.5. The van der Waals surface area contributed by atoms with Crippen LogP contribution >= 0.6 is 0 Å². The molecule has 0 unspecified atom stereocenters. The molecular weight excluding hydrogens is 245 g/mol. The SMILES string of the molecule is O=Cc1cc(F)cc(Oc2cc(F)cc(F)c2)c1. The Labute approximate surface area is 101 Å². The number of rotatable bonds is 3. The highest BCUT2D eigenvalue weighted by Crippen LogP contribution is 2.24. The average Bonchev–Trinajstić information content (AvgIpc) is 2.26. The Bertz CT molecular complexity index is 577. The maximum absolute atomic E-state index is 13.1. The second-order valence-electron chi connectivity index (χ2n) is 3.55. The maximum atomic E-state index is 13.1. The van der Waals surface area contributed by atoms with Crippen molar-refractivity contribution in [2.75, 3.05) is 0 Å². The predicted molar refractivity (Wildman–Crippen MR) is 58.2 cm³/mol. The first-order valence-corrected chi connectivity index (χ1v) is 4.96. The van der Waals surface area contributed by atoms with Gasteiger partial charge in [-0.1, -0.05) is 0 Å². The van der Waals surface area contributed by atoms with Crippen molar-refractivity contribution in [3.8, 4) is 11.5 Å². The Morgan fingerprint density at radius 3 is 1.83 bits per heavy atom. The van der Waals surface area contributed by atoms with Crippen molar-refractivity contribution in [1.29, 1.82) is 0 Å². The molecule has 18 heavy (non-hydrogen) atoms. The maximum Gasteiger partial charge on any atom is 0.150 e. The lowest BCUT2D eigenvalue weighted by molar-refractivity contribution is 0.112. The molecular formula is C13H7F3O2. The van der Waals surface area contributed by atoms with Gasteiger partial charge in [0, 0.05) is 29.8 Å². The van der Waals surface area contributed by atoms with Crippen molar-refractivity contribution in [3.05, 3.63) is 59.4 Å². The zero-order chi connectivity index (χ0) is 13.1. The molecule has 0 fully saturated rings. The third-order valence-electron chi connectivity index (χ3n) is 2.10. The molecule has 2 aromatic carbocycles. The summed E-state index contributed by atoms with van der Waals surface area (Å²) in [6.45, 7) is 0. The van der Waals surface area contributed by atoms with Crippen LogP contribution in [-0.4, -0.2) is 6.29 Å². The van der Waals surface area contributed by atoms with Gasteiger partial charge in [-0.2, -0.15) is 0 Å². The highest BCUT2D eigenvalue weighted by molar-refractivity contribution is 5.75. The lowest BCUT2D eigenvalue weighted by Gasteiger charge is -2.06. The van der Waals surface area contributed by atoms with Crippen molar-refractivity contribution in [3.63, 3.8) is 0 Å². The summed E-state index contributed by atoms with van der Waals surface area (Å²) in [5.41, 5.74) is 0.0712. The van der Waals surface area contributed by atoms with E-state index in [1.807, 2.05) is 0 Å². The smallest absolute Gasteiger partial charge is 0.150 e. The summed E-state index contributed by atoms with van der Waals surface area (Å²) in [7, 11) is 0. The average molecular weight is 252 g/mol. The molecule has 0 N–H and O–H groups in total. The van der Waals surface area contributed by atoms with Crippen LogP contribution in [-0.2, 0) is 0 Å². The molecule has 92 valence electrons. The van der Waals surface area contributed by atoms with E-state index in [1.165, 1.54) is 6.07 Å². The van der Waals surface area contributed by atoms with Gasteiger partial charge in [0.2, 0.25) is 0 Å². The fourth-order valence-corrected chi connectivity index (χ4v) is 1.43. The molecule has 0 saturated carbocycles. The molecule has 0 bridgehead atoms. The predicted octanol–water partition coefficient (Wildman–Crippen LogP) is 3.71. The summed E-state index contributed by atoms with van der Waals surface area (Å²) in [6, 6.07) is 5.89. The van der Waals surface area contributed by atoms with Crippen molar-refractivity contribution in [2.24, 2.45) is 0 Å². The topological polar surface area (TPSA) is 26.3 Å². The highest BCUT2D eigenvalue weighted by atomic mass is 19.1. The summed E-state index contributed by atoms with van der Waals surface area (Å²) in [5, 5.41) is 0. The third kappa shape index (κ3) is 2.88. The highest BCUT2D eigenvalue weighted by Gasteiger charge is 2.05. The quantitative estimate of drug-likeness (QED) is 0.778. The summed E-state index contributed by atoms with van der Waals surface area (Å²) in [5.74, 6) is -2.42. The molecule has 0 aliphatic carbocycles. The molecule has 0 aromatic heterocycles. The van der Waals surface area contributed by atoms with Crippen LogP contribution in [0.3, 0.4) is 0 Å². The van der Waals surface area contributed by atoms with Crippen LogP contribution in [0.4, 0.5) is 13.2 Å². The lowest BCUT2D eigenvalue weighted by atomic mass is 10.2. The van der Waals surface area contributed by atoms with Gasteiger partial charge in [-0.25, -0.2) is 13.2 Å². The number of hydrogen-bond donors (Lipinski definition) is 0. The number of carbonyl (C=O) groups excluding carboxylic acids is 1. The second-order valence-corrected chi connectivity index (χ2v) is 3.55. The number of hydrogen-bond acceptors (Lipinski definition) is 2. The van der Waals surface area contributed by atoms with Gasteiger partial charge in [0.1, 0.15) is 35.2 Å². The fourth-order valence-electron chi connectivity index (χ4n) is 1.43. The van der Waals surface area contributed by atoms with E-state index in [9.17, 15) is 18.0 Å². The first kappa shape index (κ1) is 12.2. The van der Waals surface area contributed by atoms with Crippen LogP contribution in [0.15, 0.2) is 36.4 Å². The minimum Gasteiger partial charge on any atom is -0.457 e. The molecule has 0 atom stereocenters. The van der Waals surface area contributed by atoms with Crippen molar-refractivity contribution >= 4 is 6.29 Å². The minimum atomic E-state index is -0.808. The van der Waals surface area contributed by atoms with Crippen LogP contribution in [0.25, 0.3) is 0 Å². The first-order chi connectivity index (χ1) is 8.56. The molecule has 2 rings (SSSR count). The van der Waals surface area contributed by atoms with Crippen molar-refractivity contribution < 1.29 is 22.7 Å². The largest absolute Gasteiger partial charge is 0.457 e. The molecule has 0 aliphatic rings. The molecule has 2 aromatic rings. The molecule has 0 aliphatic heterocycles. The Kier molecular flexibility index (Phi) is 3.32. The number of carbonyl (C=O) groups is 1. The monoisotopic (exact) mass is 252 g/mol. The van der Waals surface area contributed by atoms with Gasteiger partial charge in [-0.15, -0.1) is 0 Å². The standard InChI is InChI=1S/C13H7F3O2/c14-9-1-8(7-17)2-12(4-9)18-13-5-10(15)3-11(16)6-13/h1-7H. The lowest BCUT2D eigenvalue weighted by Crippen LogP contribution is -1.90. The number of aldehydes is 1. The number of halogens is 3. The van der Waals surface area contributed by atoms with Gasteiger partial charge in [0.15, 0.2) is 0 Å². The Balaban J connectivity index is 2.33. The van der Waals surface area contributed by atoms with E-state index in [4.69, 9.17) is 4.74 Å². The van der Waals surface area contributed by atoms with Gasteiger partial charge in [-0.3, -0.25) is 4.79 Å². The molecule has 0 radical (unpaired) electrons. The molecule has 5 heteroatoms. The molecule has 0 heterocycles. The fraction of sp³-hybridized carbons (Fsp3) is 0. The van der Waals surface area contributed by atoms with Crippen molar-refractivity contribution in [1.82, 2.24) is 0 Å². The summed E-state index contributed by atoms with van der Waals surface area (Å²) < 4.78 is 44.0. The van der Waals surface area contributed by atoms with E-state index in [0.29, 0.717) is 12.4 Å². The van der Waals surface area contributed by atoms with Crippen LogP contribution in [0.1, 0.15) is 10.4 Å². The minimum absolute atomic E-state index is 0.0119. The van der Waals surface area contributed by atoms with E-state index in [0.717, 1.165) is 24.3 Å². The molecule has 0 amide bonds. The second kappa shape index (κ2) is 4.91. The molecule has 0 spiro atoms. The van der Waals surface area contributed by atoms with E-state index >= 15 is 0 Å². The Morgan fingerprint density at radius 1 is 0.778 bits per heavy atom. The van der Waals surface area contributed by atoms with Gasteiger partial charge in [0.25, 0.3) is 0 Å². The first-order valence-electron chi connectivity index (χ1n) is 4.96. The van der Waals surface area contributed by atoms with Crippen LogP contribution in [0.2, 0.25) is 0 Å². The Morgan fingerprint density at radius 2 is 1.28 bits per heavy atom. The van der Waals surface area contributed by atoms with Gasteiger partial charge in [-0.05, 0) is 12.1 Å². The van der Waals surface area contributed by atoms with Gasteiger partial charge < -0.3 is 4.74 Å². The van der Waals surface area contributed by atoms with E-state index in [2.05, 4.69) is 0 Å². The third-order valence-corrected chi connectivity index (χ3v) is 2.10. The van der Waals surface area contributed by atoms with E-state index < -0.39 is 17.5 Å². The zero-order valence-corrected chi connectivity index (χ0v) is 8.99. The van der Waals surface area contributed by atoms with Crippen LogP contribution < -0.4 is 4.74 Å². The Hall–Kier alpha value is -2.30. The van der Waals surface area contributed by atoms with Gasteiger partial charge >= 0.3 is 0 Å². The number of benzene rings is 2. The van der Waals surface area contributed by atoms with E-state index in [-0.39, 0.29) is 17.1 Å².